The molecule has 0 radical (unpaired) electrons. The minimum absolute atomic E-state index is 0.452. The molecule has 0 saturated carbocycles. The van der Waals surface area contributed by atoms with Gasteiger partial charge in [0.15, 0.2) is 0 Å². The van der Waals surface area contributed by atoms with Crippen LogP contribution in [0, 0.1) is 0 Å². The molecule has 1 aromatic heterocycles. The Kier molecular flexibility index (Phi) is 3.69. The van der Waals surface area contributed by atoms with Crippen LogP contribution in [0.3, 0.4) is 0 Å². The molecule has 0 aliphatic heterocycles. The van der Waals surface area contributed by atoms with Crippen molar-refractivity contribution in [3.8, 4) is 0 Å². The van der Waals surface area contributed by atoms with Gasteiger partial charge in [-0.3, -0.25) is 0 Å². The second-order valence-corrected chi connectivity index (χ2v) is 5.29. The number of hydrogen-bond donors (Lipinski definition) is 1. The maximum Gasteiger partial charge on any atom is 0.108 e. The Morgan fingerprint density at radius 2 is 1.95 bits per heavy atom. The Morgan fingerprint density at radius 1 is 1.16 bits per heavy atom. The Morgan fingerprint density at radius 3 is 2.74 bits per heavy atom. The topological polar surface area (TPSA) is 25.2 Å². The van der Waals surface area contributed by atoms with Crippen molar-refractivity contribution < 1.29 is 4.42 Å². The maximum atomic E-state index is 5.53. The van der Waals surface area contributed by atoms with E-state index in [4.69, 9.17) is 4.42 Å². The predicted octanol–water partition coefficient (Wildman–Crippen LogP) is 4.01. The molecule has 1 aliphatic rings. The summed E-state index contributed by atoms with van der Waals surface area (Å²) >= 11 is 0. The van der Waals surface area contributed by atoms with E-state index in [1.165, 1.54) is 35.3 Å². The van der Waals surface area contributed by atoms with Crippen LogP contribution in [-0.2, 0) is 19.4 Å². The second-order valence-electron chi connectivity index (χ2n) is 5.29. The molecule has 0 fully saturated rings. The van der Waals surface area contributed by atoms with Crippen molar-refractivity contribution >= 4 is 0 Å². The number of furan rings is 1. The molecular weight excluding hydrogens is 234 g/mol. The molecule has 100 valence electrons. The summed E-state index contributed by atoms with van der Waals surface area (Å²) in [5, 5.41) is 3.66. The van der Waals surface area contributed by atoms with Gasteiger partial charge in [-0.2, -0.15) is 0 Å². The van der Waals surface area contributed by atoms with Crippen LogP contribution in [0.5, 0.6) is 0 Å². The van der Waals surface area contributed by atoms with E-state index in [2.05, 4.69) is 42.6 Å². The minimum Gasteiger partial charge on any atom is -0.469 e. The molecule has 2 heteroatoms. The summed E-state index contributed by atoms with van der Waals surface area (Å²) in [4.78, 5) is 0. The summed E-state index contributed by atoms with van der Waals surface area (Å²) in [5.41, 5.74) is 4.11. The van der Waals surface area contributed by atoms with Crippen molar-refractivity contribution in [2.45, 2.75) is 45.2 Å². The zero-order valence-electron chi connectivity index (χ0n) is 11.5. The van der Waals surface area contributed by atoms with Gasteiger partial charge < -0.3 is 9.73 Å². The van der Waals surface area contributed by atoms with E-state index in [0.717, 1.165) is 19.4 Å². The molecule has 1 N–H and O–H groups in total. The first kappa shape index (κ1) is 12.5. The largest absolute Gasteiger partial charge is 0.469 e. The third-order valence-corrected chi connectivity index (χ3v) is 4.04. The van der Waals surface area contributed by atoms with Crippen LogP contribution >= 0.6 is 0 Å². The normalized spacial score (nSPS) is 18.3. The molecule has 0 spiro atoms. The van der Waals surface area contributed by atoms with Gasteiger partial charge in [0, 0.05) is 24.6 Å². The van der Waals surface area contributed by atoms with Gasteiger partial charge in [0.05, 0.1) is 6.26 Å². The number of nitrogens with one attached hydrogen (secondary N) is 1. The maximum absolute atomic E-state index is 5.53. The molecule has 2 aromatic rings. The van der Waals surface area contributed by atoms with E-state index in [9.17, 15) is 0 Å². The average Bonchev–Trinajstić information content (AvgIpc) is 2.94. The Hall–Kier alpha value is -1.54. The molecule has 3 rings (SSSR count). The molecular formula is C17H21NO. The Bertz CT molecular complexity index is 526. The fourth-order valence-electron chi connectivity index (χ4n) is 2.83. The van der Waals surface area contributed by atoms with Gasteiger partial charge in [-0.25, -0.2) is 0 Å². The first-order valence-corrected chi connectivity index (χ1v) is 7.24. The van der Waals surface area contributed by atoms with Crippen molar-refractivity contribution in [3.05, 3.63) is 59.0 Å². The van der Waals surface area contributed by atoms with E-state index in [1.807, 2.05) is 6.26 Å². The third-order valence-electron chi connectivity index (χ3n) is 4.04. The smallest absolute Gasteiger partial charge is 0.108 e. The Balaban J connectivity index is 1.64. The zero-order chi connectivity index (χ0) is 13.1. The van der Waals surface area contributed by atoms with Crippen molar-refractivity contribution in [1.82, 2.24) is 5.32 Å². The van der Waals surface area contributed by atoms with Gasteiger partial charge in [-0.05, 0) is 36.5 Å². The fourth-order valence-corrected chi connectivity index (χ4v) is 2.83. The molecule has 1 aromatic carbocycles. The highest BCUT2D eigenvalue weighted by Gasteiger charge is 2.21. The number of hydrogen-bond acceptors (Lipinski definition) is 2. The number of aryl methyl sites for hydroxylation is 2. The van der Waals surface area contributed by atoms with Gasteiger partial charge in [-0.15, -0.1) is 0 Å². The van der Waals surface area contributed by atoms with E-state index in [-0.39, 0.29) is 0 Å². The SMILES string of the molecule is CCc1ccc(CNC2CCCc3occc32)cc1. The van der Waals surface area contributed by atoms with Crippen molar-refractivity contribution in [2.75, 3.05) is 0 Å². The summed E-state index contributed by atoms with van der Waals surface area (Å²) in [6.45, 7) is 3.12. The zero-order valence-corrected chi connectivity index (χ0v) is 11.5. The monoisotopic (exact) mass is 255 g/mol. The van der Waals surface area contributed by atoms with Gasteiger partial charge in [-0.1, -0.05) is 31.2 Å². The summed E-state index contributed by atoms with van der Waals surface area (Å²) in [6, 6.07) is 11.5. The molecule has 0 amide bonds. The lowest BCUT2D eigenvalue weighted by atomic mass is 9.93. The predicted molar refractivity (Wildman–Crippen MR) is 77.0 cm³/mol. The fraction of sp³-hybridized carbons (Fsp3) is 0.412. The van der Waals surface area contributed by atoms with Crippen LogP contribution < -0.4 is 5.32 Å². The third kappa shape index (κ3) is 2.74. The highest BCUT2D eigenvalue weighted by atomic mass is 16.3. The van der Waals surface area contributed by atoms with Gasteiger partial charge >= 0.3 is 0 Å². The van der Waals surface area contributed by atoms with Crippen LogP contribution in [0.2, 0.25) is 0 Å². The lowest BCUT2D eigenvalue weighted by Gasteiger charge is -2.22. The molecule has 1 aliphatic carbocycles. The van der Waals surface area contributed by atoms with Crippen molar-refractivity contribution in [2.24, 2.45) is 0 Å². The van der Waals surface area contributed by atoms with Crippen LogP contribution in [0.15, 0.2) is 41.0 Å². The van der Waals surface area contributed by atoms with E-state index in [0.29, 0.717) is 6.04 Å². The average molecular weight is 255 g/mol. The second kappa shape index (κ2) is 5.62. The van der Waals surface area contributed by atoms with E-state index in [1.54, 1.807) is 0 Å². The van der Waals surface area contributed by atoms with Crippen molar-refractivity contribution in [3.63, 3.8) is 0 Å². The summed E-state index contributed by atoms with van der Waals surface area (Å²) < 4.78 is 5.53. The summed E-state index contributed by atoms with van der Waals surface area (Å²) in [7, 11) is 0. The minimum atomic E-state index is 0.452. The van der Waals surface area contributed by atoms with E-state index >= 15 is 0 Å². The molecule has 0 bridgehead atoms. The van der Waals surface area contributed by atoms with Crippen molar-refractivity contribution in [1.29, 1.82) is 0 Å². The molecule has 0 saturated heterocycles. The summed E-state index contributed by atoms with van der Waals surface area (Å²) in [5.74, 6) is 1.17. The summed E-state index contributed by atoms with van der Waals surface area (Å²) in [6.07, 6.45) is 6.44. The standard InChI is InChI=1S/C17H21NO/c1-2-13-6-8-14(9-7-13)12-18-16-4-3-5-17-15(16)10-11-19-17/h6-11,16,18H,2-5,12H2,1H3. The van der Waals surface area contributed by atoms with Crippen LogP contribution in [0.1, 0.15) is 48.3 Å². The molecule has 2 nitrogen and oxygen atoms in total. The van der Waals surface area contributed by atoms with Crippen LogP contribution in [-0.4, -0.2) is 0 Å². The van der Waals surface area contributed by atoms with Crippen LogP contribution in [0.25, 0.3) is 0 Å². The lowest BCUT2D eigenvalue weighted by molar-refractivity contribution is 0.411. The molecule has 19 heavy (non-hydrogen) atoms. The highest BCUT2D eigenvalue weighted by molar-refractivity contribution is 5.25. The van der Waals surface area contributed by atoms with E-state index < -0.39 is 0 Å². The number of rotatable bonds is 4. The van der Waals surface area contributed by atoms with Crippen LogP contribution in [0.4, 0.5) is 0 Å². The van der Waals surface area contributed by atoms with Gasteiger partial charge in [0.2, 0.25) is 0 Å². The molecule has 1 atom stereocenters. The molecule has 1 heterocycles. The van der Waals surface area contributed by atoms with Gasteiger partial charge in [0.1, 0.15) is 5.76 Å². The number of fused-ring (bicyclic) bond motifs is 1. The Labute approximate surface area is 114 Å². The van der Waals surface area contributed by atoms with Gasteiger partial charge in [0.25, 0.3) is 0 Å². The molecule has 1 unspecified atom stereocenters. The number of benzene rings is 1. The quantitative estimate of drug-likeness (QED) is 0.893. The lowest BCUT2D eigenvalue weighted by Crippen LogP contribution is -2.23. The first-order chi connectivity index (χ1) is 9.36. The first-order valence-electron chi connectivity index (χ1n) is 7.24. The highest BCUT2D eigenvalue weighted by Crippen LogP contribution is 2.30.